The number of nitrogens with one attached hydrogen (secondary N) is 1. The number of rotatable bonds is 5. The Labute approximate surface area is 165 Å². The number of para-hydroxylation sites is 1. The third kappa shape index (κ3) is 4.47. The number of hydrogen-bond acceptors (Lipinski definition) is 6. The van der Waals surface area contributed by atoms with Crippen LogP contribution in [0.4, 0.5) is 11.4 Å². The largest absolute Gasteiger partial charge is 0.495 e. The van der Waals surface area contributed by atoms with Crippen LogP contribution in [0.1, 0.15) is 5.56 Å². The summed E-state index contributed by atoms with van der Waals surface area (Å²) in [6.45, 7) is 0. The summed E-state index contributed by atoms with van der Waals surface area (Å²) in [5.41, 5.74) is 2.70. The van der Waals surface area contributed by atoms with Crippen molar-refractivity contribution in [3.05, 3.63) is 47.0 Å². The van der Waals surface area contributed by atoms with Gasteiger partial charge < -0.3 is 14.8 Å². The second kappa shape index (κ2) is 8.70. The van der Waals surface area contributed by atoms with Gasteiger partial charge in [0.25, 0.3) is 0 Å². The van der Waals surface area contributed by atoms with Crippen LogP contribution in [0.15, 0.2) is 41.4 Å². The highest BCUT2D eigenvalue weighted by Gasteiger charge is 2.16. The highest BCUT2D eigenvalue weighted by Crippen LogP contribution is 2.37. The predicted molar refractivity (Wildman–Crippen MR) is 110 cm³/mol. The van der Waals surface area contributed by atoms with Crippen molar-refractivity contribution in [3.8, 4) is 11.5 Å². The molecule has 3 rings (SSSR count). The number of carbonyl (C=O) groups excluding carboxylic acids is 1. The summed E-state index contributed by atoms with van der Waals surface area (Å²) in [6.07, 6.45) is 0. The Balaban J connectivity index is 1.64. The molecular weight excluding hydrogens is 392 g/mol. The molecule has 0 fully saturated rings. The standard InChI is InChI=1S/C18H17ClN2O3S2/c1-23-15-8-14(16(24-2)7-12(15)19)20-17(22)10-26-18-21-13-6-4-3-5-11(13)9-25-18/h3-8H,9-10H2,1-2H3,(H,20,22). The van der Waals surface area contributed by atoms with Crippen molar-refractivity contribution >= 4 is 56.8 Å². The lowest BCUT2D eigenvalue weighted by Crippen LogP contribution is -2.16. The molecule has 0 radical (unpaired) electrons. The van der Waals surface area contributed by atoms with Crippen LogP contribution in [0, 0.1) is 0 Å². The fourth-order valence-corrected chi connectivity index (χ4v) is 4.45. The van der Waals surface area contributed by atoms with Crippen molar-refractivity contribution in [2.24, 2.45) is 4.99 Å². The minimum absolute atomic E-state index is 0.153. The molecule has 0 saturated carbocycles. The molecule has 2 aromatic rings. The van der Waals surface area contributed by atoms with Gasteiger partial charge in [-0.2, -0.15) is 0 Å². The lowest BCUT2D eigenvalue weighted by Gasteiger charge is -2.15. The maximum absolute atomic E-state index is 12.3. The van der Waals surface area contributed by atoms with Gasteiger partial charge in [-0.1, -0.05) is 53.3 Å². The van der Waals surface area contributed by atoms with Crippen LogP contribution in [-0.2, 0) is 10.5 Å². The van der Waals surface area contributed by atoms with E-state index < -0.39 is 0 Å². The number of halogens is 1. The molecule has 26 heavy (non-hydrogen) atoms. The number of carbonyl (C=O) groups is 1. The van der Waals surface area contributed by atoms with E-state index in [0.29, 0.717) is 22.2 Å². The maximum Gasteiger partial charge on any atom is 0.234 e. The first-order valence-electron chi connectivity index (χ1n) is 7.74. The topological polar surface area (TPSA) is 59.9 Å². The van der Waals surface area contributed by atoms with Crippen LogP contribution in [0.25, 0.3) is 0 Å². The Kier molecular flexibility index (Phi) is 6.34. The molecule has 0 aromatic heterocycles. The fourth-order valence-electron chi connectivity index (χ4n) is 2.36. The van der Waals surface area contributed by atoms with Crippen LogP contribution in [0.3, 0.4) is 0 Å². The number of nitrogens with zero attached hydrogens (tertiary/aromatic N) is 1. The summed E-state index contributed by atoms with van der Waals surface area (Å²) >= 11 is 9.14. The van der Waals surface area contributed by atoms with Gasteiger partial charge in [0, 0.05) is 17.9 Å². The monoisotopic (exact) mass is 408 g/mol. The molecule has 1 amide bonds. The molecule has 0 atom stereocenters. The summed E-state index contributed by atoms with van der Waals surface area (Å²) in [4.78, 5) is 16.9. The number of benzene rings is 2. The van der Waals surface area contributed by atoms with Gasteiger partial charge >= 0.3 is 0 Å². The molecule has 1 N–H and O–H groups in total. The fraction of sp³-hybridized carbons (Fsp3) is 0.222. The van der Waals surface area contributed by atoms with E-state index in [9.17, 15) is 4.79 Å². The third-order valence-electron chi connectivity index (χ3n) is 3.63. The van der Waals surface area contributed by atoms with E-state index >= 15 is 0 Å². The summed E-state index contributed by atoms with van der Waals surface area (Å²) in [5.74, 6) is 1.92. The molecule has 1 heterocycles. The number of ether oxygens (including phenoxy) is 2. The molecule has 2 aromatic carbocycles. The number of hydrogen-bond donors (Lipinski definition) is 1. The van der Waals surface area contributed by atoms with Crippen molar-refractivity contribution in [3.63, 3.8) is 0 Å². The summed E-state index contributed by atoms with van der Waals surface area (Å²) in [6, 6.07) is 11.3. The van der Waals surface area contributed by atoms with Gasteiger partial charge in [-0.3, -0.25) is 4.79 Å². The minimum Gasteiger partial charge on any atom is -0.495 e. The van der Waals surface area contributed by atoms with E-state index in [-0.39, 0.29) is 11.7 Å². The summed E-state index contributed by atoms with van der Waals surface area (Å²) in [5, 5.41) is 3.25. The maximum atomic E-state index is 12.3. The molecule has 0 spiro atoms. The summed E-state index contributed by atoms with van der Waals surface area (Å²) < 4.78 is 11.3. The molecule has 5 nitrogen and oxygen atoms in total. The first-order valence-corrected chi connectivity index (χ1v) is 10.1. The van der Waals surface area contributed by atoms with Crippen molar-refractivity contribution in [2.75, 3.05) is 25.3 Å². The Morgan fingerprint density at radius 2 is 2.04 bits per heavy atom. The van der Waals surface area contributed by atoms with Crippen molar-refractivity contribution in [1.29, 1.82) is 0 Å². The van der Waals surface area contributed by atoms with Crippen molar-refractivity contribution in [1.82, 2.24) is 0 Å². The van der Waals surface area contributed by atoms with E-state index in [4.69, 9.17) is 21.1 Å². The zero-order chi connectivity index (χ0) is 18.5. The molecule has 0 saturated heterocycles. The lowest BCUT2D eigenvalue weighted by atomic mass is 10.2. The van der Waals surface area contributed by atoms with Gasteiger partial charge in [-0.25, -0.2) is 4.99 Å². The molecule has 1 aliphatic rings. The number of aliphatic imine (C=N–C) groups is 1. The Morgan fingerprint density at radius 3 is 2.81 bits per heavy atom. The molecule has 0 bridgehead atoms. The number of anilines is 1. The van der Waals surface area contributed by atoms with Gasteiger partial charge in [0.2, 0.25) is 5.91 Å². The Morgan fingerprint density at radius 1 is 1.27 bits per heavy atom. The second-order valence-corrected chi connectivity index (χ2v) is 7.91. The van der Waals surface area contributed by atoms with Gasteiger partial charge in [0.1, 0.15) is 15.9 Å². The summed E-state index contributed by atoms with van der Waals surface area (Å²) in [7, 11) is 3.04. The molecule has 0 aliphatic carbocycles. The van der Waals surface area contributed by atoms with Crippen LogP contribution in [-0.4, -0.2) is 30.3 Å². The van der Waals surface area contributed by atoms with E-state index in [1.165, 1.54) is 31.5 Å². The van der Waals surface area contributed by atoms with Crippen LogP contribution in [0.5, 0.6) is 11.5 Å². The Hall–Kier alpha value is -1.83. The van der Waals surface area contributed by atoms with Gasteiger partial charge in [-0.15, -0.1) is 0 Å². The first kappa shape index (κ1) is 18.9. The van der Waals surface area contributed by atoms with Crippen LogP contribution >= 0.6 is 35.1 Å². The zero-order valence-corrected chi connectivity index (χ0v) is 16.6. The quantitative estimate of drug-likeness (QED) is 0.757. The smallest absolute Gasteiger partial charge is 0.234 e. The lowest BCUT2D eigenvalue weighted by molar-refractivity contribution is -0.113. The number of thioether (sulfide) groups is 2. The molecule has 0 unspecified atom stereocenters. The number of amides is 1. The first-order chi connectivity index (χ1) is 12.6. The molecule has 136 valence electrons. The van der Waals surface area contributed by atoms with Gasteiger partial charge in [0.15, 0.2) is 0 Å². The van der Waals surface area contributed by atoms with Crippen molar-refractivity contribution < 1.29 is 14.3 Å². The van der Waals surface area contributed by atoms with E-state index in [1.807, 2.05) is 18.2 Å². The normalized spacial score (nSPS) is 12.8. The van der Waals surface area contributed by atoms with Crippen LogP contribution < -0.4 is 14.8 Å². The van der Waals surface area contributed by atoms with Crippen molar-refractivity contribution in [2.45, 2.75) is 5.75 Å². The average molecular weight is 409 g/mol. The number of fused-ring (bicyclic) bond motifs is 1. The molecule has 1 aliphatic heterocycles. The highest BCUT2D eigenvalue weighted by atomic mass is 35.5. The average Bonchev–Trinajstić information content (AvgIpc) is 2.67. The SMILES string of the molecule is COc1cc(NC(=O)CSC2=Nc3ccccc3CS2)c(OC)cc1Cl. The van der Waals surface area contributed by atoms with Gasteiger partial charge in [-0.05, 0) is 11.6 Å². The second-order valence-electron chi connectivity index (χ2n) is 5.32. The molecular formula is C18H17ClN2O3S2. The number of methoxy groups -OCH3 is 2. The molecule has 8 heteroatoms. The highest BCUT2D eigenvalue weighted by molar-refractivity contribution is 8.38. The van der Waals surface area contributed by atoms with Crippen LogP contribution in [0.2, 0.25) is 5.02 Å². The third-order valence-corrected chi connectivity index (χ3v) is 6.17. The Bertz CT molecular complexity index is 858. The minimum atomic E-state index is -0.153. The predicted octanol–water partition coefficient (Wildman–Crippen LogP) is 4.96. The van der Waals surface area contributed by atoms with E-state index in [2.05, 4.69) is 16.4 Å². The van der Waals surface area contributed by atoms with Gasteiger partial charge in [0.05, 0.1) is 36.4 Å². The van der Waals surface area contributed by atoms with E-state index in [1.54, 1.807) is 23.9 Å². The van der Waals surface area contributed by atoms with E-state index in [0.717, 1.165) is 15.8 Å². The zero-order valence-electron chi connectivity index (χ0n) is 14.2.